The molecular weight excluding hydrogens is 219 g/mol. The number of aliphatic hydroxyl groups is 1. The van der Waals surface area contributed by atoms with Crippen molar-refractivity contribution in [3.63, 3.8) is 0 Å². The number of carbonyl (C=O) groups is 1. The zero-order valence-electron chi connectivity index (χ0n) is 10.2. The average Bonchev–Trinajstić information content (AvgIpc) is 2.37. The molecular formula is C14H19FO2. The van der Waals surface area contributed by atoms with Crippen LogP contribution < -0.4 is 0 Å². The highest BCUT2D eigenvalue weighted by atomic mass is 19.1. The van der Waals surface area contributed by atoms with E-state index in [1.807, 2.05) is 0 Å². The van der Waals surface area contributed by atoms with Gasteiger partial charge in [0.1, 0.15) is 11.6 Å². The normalized spacial score (nSPS) is 21.5. The molecule has 1 rings (SSSR count). The molecule has 0 aliphatic heterocycles. The van der Waals surface area contributed by atoms with Crippen LogP contribution in [0.2, 0.25) is 0 Å². The molecule has 1 aliphatic carbocycles. The van der Waals surface area contributed by atoms with Crippen LogP contribution in [0.3, 0.4) is 0 Å². The summed E-state index contributed by atoms with van der Waals surface area (Å²) in [6.45, 7) is 5.09. The number of ketones is 1. The second-order valence-corrected chi connectivity index (χ2v) is 4.44. The molecule has 1 fully saturated rings. The summed E-state index contributed by atoms with van der Waals surface area (Å²) in [6.07, 6.45) is 6.39. The Morgan fingerprint density at radius 2 is 2.12 bits per heavy atom. The van der Waals surface area contributed by atoms with Crippen molar-refractivity contribution >= 4 is 5.78 Å². The van der Waals surface area contributed by atoms with Crippen molar-refractivity contribution in [2.45, 2.75) is 32.6 Å². The highest BCUT2D eigenvalue weighted by Crippen LogP contribution is 2.43. The number of Topliss-reactive ketones (excluding diaryl/α,β-unsaturated/α-hetero) is 1. The van der Waals surface area contributed by atoms with Gasteiger partial charge in [0.15, 0.2) is 0 Å². The van der Waals surface area contributed by atoms with Crippen molar-refractivity contribution in [3.05, 3.63) is 36.2 Å². The van der Waals surface area contributed by atoms with E-state index in [9.17, 15) is 14.3 Å². The first-order valence-corrected chi connectivity index (χ1v) is 5.87. The molecule has 0 saturated heterocycles. The number of aliphatic hydroxyl groups excluding tert-OH is 1. The summed E-state index contributed by atoms with van der Waals surface area (Å²) in [4.78, 5) is 11.3. The van der Waals surface area contributed by atoms with Crippen LogP contribution >= 0.6 is 0 Å². The van der Waals surface area contributed by atoms with Gasteiger partial charge in [0.25, 0.3) is 0 Å². The van der Waals surface area contributed by atoms with Crippen LogP contribution in [0.4, 0.5) is 4.39 Å². The monoisotopic (exact) mass is 238 g/mol. The third-order valence-electron chi connectivity index (χ3n) is 3.41. The van der Waals surface area contributed by atoms with E-state index in [1.54, 1.807) is 19.1 Å². The van der Waals surface area contributed by atoms with E-state index in [0.717, 1.165) is 6.08 Å². The van der Waals surface area contributed by atoms with Gasteiger partial charge in [0.05, 0.1) is 6.61 Å². The summed E-state index contributed by atoms with van der Waals surface area (Å²) in [5.41, 5.74) is -0.163. The minimum atomic E-state index is -0.626. The lowest BCUT2D eigenvalue weighted by atomic mass is 9.68. The molecule has 1 aliphatic rings. The zero-order chi connectivity index (χ0) is 12.9. The van der Waals surface area contributed by atoms with Gasteiger partial charge in [-0.15, -0.1) is 0 Å². The predicted molar refractivity (Wildman–Crippen MR) is 66.1 cm³/mol. The van der Waals surface area contributed by atoms with Crippen molar-refractivity contribution in [2.75, 3.05) is 6.61 Å². The van der Waals surface area contributed by atoms with Crippen LogP contribution in [0.1, 0.15) is 32.6 Å². The Labute approximate surface area is 102 Å². The molecule has 0 atom stereocenters. The molecule has 0 radical (unpaired) electrons. The summed E-state index contributed by atoms with van der Waals surface area (Å²) < 4.78 is 13.8. The number of hydrogen-bond acceptors (Lipinski definition) is 2. The zero-order valence-corrected chi connectivity index (χ0v) is 10.2. The fourth-order valence-corrected chi connectivity index (χ4v) is 2.31. The van der Waals surface area contributed by atoms with Gasteiger partial charge in [-0.3, -0.25) is 4.79 Å². The molecule has 0 aromatic heterocycles. The molecule has 0 bridgehead atoms. The first-order chi connectivity index (χ1) is 8.09. The number of rotatable bonds is 4. The first-order valence-electron chi connectivity index (χ1n) is 5.87. The molecule has 0 aromatic rings. The van der Waals surface area contributed by atoms with Crippen molar-refractivity contribution in [2.24, 2.45) is 5.41 Å². The summed E-state index contributed by atoms with van der Waals surface area (Å²) in [7, 11) is 0. The lowest BCUT2D eigenvalue weighted by Gasteiger charge is -2.36. The Bertz CT molecular complexity index is 356. The lowest BCUT2D eigenvalue weighted by Crippen LogP contribution is -2.33. The van der Waals surface area contributed by atoms with Gasteiger partial charge in [0, 0.05) is 18.3 Å². The Balaban J connectivity index is 3.13. The topological polar surface area (TPSA) is 37.3 Å². The van der Waals surface area contributed by atoms with Crippen LogP contribution in [0.15, 0.2) is 36.2 Å². The maximum atomic E-state index is 13.8. The fourth-order valence-electron chi connectivity index (χ4n) is 2.31. The van der Waals surface area contributed by atoms with Gasteiger partial charge in [-0.1, -0.05) is 18.7 Å². The Morgan fingerprint density at radius 3 is 2.53 bits per heavy atom. The van der Waals surface area contributed by atoms with Crippen LogP contribution in [-0.2, 0) is 4.79 Å². The average molecular weight is 238 g/mol. The fraction of sp³-hybridized carbons (Fsp3) is 0.500. The second kappa shape index (κ2) is 5.92. The van der Waals surface area contributed by atoms with E-state index < -0.39 is 11.2 Å². The van der Waals surface area contributed by atoms with Gasteiger partial charge in [0.2, 0.25) is 0 Å². The van der Waals surface area contributed by atoms with Crippen LogP contribution in [0.5, 0.6) is 0 Å². The van der Waals surface area contributed by atoms with Crippen molar-refractivity contribution in [3.8, 4) is 0 Å². The third-order valence-corrected chi connectivity index (χ3v) is 3.41. The van der Waals surface area contributed by atoms with E-state index in [4.69, 9.17) is 0 Å². The SMILES string of the molecule is C=C/C(F)=C(\C=C/C)C1(CO)CCC(=O)CC1. The van der Waals surface area contributed by atoms with E-state index in [0.29, 0.717) is 31.3 Å². The lowest BCUT2D eigenvalue weighted by molar-refractivity contribution is -0.122. The van der Waals surface area contributed by atoms with Gasteiger partial charge in [-0.25, -0.2) is 4.39 Å². The molecule has 0 spiro atoms. The molecule has 1 N–H and O–H groups in total. The summed E-state index contributed by atoms with van der Waals surface area (Å²) in [6, 6.07) is 0. The first kappa shape index (κ1) is 13.8. The van der Waals surface area contributed by atoms with Crippen LogP contribution in [-0.4, -0.2) is 17.5 Å². The van der Waals surface area contributed by atoms with E-state index in [2.05, 4.69) is 6.58 Å². The minimum absolute atomic E-state index is 0.138. The van der Waals surface area contributed by atoms with Gasteiger partial charge < -0.3 is 5.11 Å². The maximum Gasteiger partial charge on any atom is 0.132 e. The Kier molecular flexibility index (Phi) is 4.82. The number of halogens is 1. The number of allylic oxidation sites excluding steroid dienone is 4. The molecule has 2 nitrogen and oxygen atoms in total. The second-order valence-electron chi connectivity index (χ2n) is 4.44. The van der Waals surface area contributed by atoms with E-state index >= 15 is 0 Å². The largest absolute Gasteiger partial charge is 0.395 e. The van der Waals surface area contributed by atoms with Crippen molar-refractivity contribution in [1.82, 2.24) is 0 Å². The van der Waals surface area contributed by atoms with E-state index in [-0.39, 0.29) is 12.4 Å². The smallest absolute Gasteiger partial charge is 0.132 e. The molecule has 1 saturated carbocycles. The third kappa shape index (κ3) is 2.91. The molecule has 0 heterocycles. The minimum Gasteiger partial charge on any atom is -0.395 e. The molecule has 0 aromatic carbocycles. The highest BCUT2D eigenvalue weighted by Gasteiger charge is 2.38. The molecule has 0 amide bonds. The maximum absolute atomic E-state index is 13.8. The number of hydrogen-bond donors (Lipinski definition) is 1. The van der Waals surface area contributed by atoms with E-state index in [1.165, 1.54) is 0 Å². The van der Waals surface area contributed by atoms with Crippen LogP contribution in [0.25, 0.3) is 0 Å². The molecule has 3 heteroatoms. The van der Waals surface area contributed by atoms with Gasteiger partial charge >= 0.3 is 0 Å². The number of carbonyl (C=O) groups excluding carboxylic acids is 1. The Morgan fingerprint density at radius 1 is 1.53 bits per heavy atom. The highest BCUT2D eigenvalue weighted by molar-refractivity contribution is 5.79. The van der Waals surface area contributed by atoms with Crippen molar-refractivity contribution in [1.29, 1.82) is 0 Å². The quantitative estimate of drug-likeness (QED) is 0.764. The van der Waals surface area contributed by atoms with Gasteiger partial charge in [-0.05, 0) is 31.4 Å². The van der Waals surface area contributed by atoms with Crippen LogP contribution in [0, 0.1) is 5.41 Å². The summed E-state index contributed by atoms with van der Waals surface area (Å²) >= 11 is 0. The molecule has 17 heavy (non-hydrogen) atoms. The van der Waals surface area contributed by atoms with Gasteiger partial charge in [-0.2, -0.15) is 0 Å². The standard InChI is InChI=1S/C14H19FO2/c1-3-5-12(13(15)4-2)14(10-16)8-6-11(17)7-9-14/h3-5,16H,2,6-10H2,1H3/b5-3-,13-12-. The summed E-state index contributed by atoms with van der Waals surface area (Å²) in [5.74, 6) is -0.223. The van der Waals surface area contributed by atoms with Crippen molar-refractivity contribution < 1.29 is 14.3 Å². The Hall–Kier alpha value is -1.22. The molecule has 94 valence electrons. The summed E-state index contributed by atoms with van der Waals surface area (Å²) in [5, 5.41) is 9.59. The molecule has 0 unspecified atom stereocenters. The predicted octanol–water partition coefficient (Wildman–Crippen LogP) is 3.09.